The molecule has 0 amide bonds. The molecule has 32 heavy (non-hydrogen) atoms. The first kappa shape index (κ1) is 22.1. The highest BCUT2D eigenvalue weighted by molar-refractivity contribution is 6.32. The molecule has 0 spiro atoms. The van der Waals surface area contributed by atoms with Crippen LogP contribution in [0.15, 0.2) is 58.9 Å². The molecule has 1 aliphatic carbocycles. The summed E-state index contributed by atoms with van der Waals surface area (Å²) >= 11 is 6.41. The molecule has 0 radical (unpaired) electrons. The van der Waals surface area contributed by atoms with E-state index in [0.717, 1.165) is 25.7 Å². The van der Waals surface area contributed by atoms with Gasteiger partial charge in [-0.25, -0.2) is 4.98 Å². The maximum absolute atomic E-state index is 13.3. The van der Waals surface area contributed by atoms with Crippen molar-refractivity contribution in [2.75, 3.05) is 13.7 Å². The fraction of sp³-hybridized carbons (Fsp3) is 0.320. The van der Waals surface area contributed by atoms with Crippen molar-refractivity contribution < 1.29 is 9.47 Å². The lowest BCUT2D eigenvalue weighted by molar-refractivity contribution is 0.326. The van der Waals surface area contributed by atoms with Crippen LogP contribution in [0.4, 0.5) is 0 Å². The van der Waals surface area contributed by atoms with Gasteiger partial charge in [0.25, 0.3) is 5.56 Å². The smallest absolute Gasteiger partial charge is 0.282 e. The highest BCUT2D eigenvalue weighted by atomic mass is 35.5. The van der Waals surface area contributed by atoms with E-state index in [0.29, 0.717) is 45.4 Å². The fourth-order valence-electron chi connectivity index (χ4n) is 4.10. The Hall–Kier alpha value is -3.12. The van der Waals surface area contributed by atoms with Crippen LogP contribution in [0.5, 0.6) is 11.5 Å². The van der Waals surface area contributed by atoms with Crippen LogP contribution in [0.3, 0.4) is 0 Å². The van der Waals surface area contributed by atoms with Gasteiger partial charge in [-0.3, -0.25) is 4.79 Å². The highest BCUT2D eigenvalue weighted by Crippen LogP contribution is 2.36. The lowest BCUT2D eigenvalue weighted by Gasteiger charge is -2.22. The van der Waals surface area contributed by atoms with Crippen LogP contribution in [0.1, 0.15) is 49.4 Å². The Kier molecular flexibility index (Phi) is 6.90. The van der Waals surface area contributed by atoms with Gasteiger partial charge in [-0.1, -0.05) is 55.7 Å². The molecule has 7 heteroatoms. The van der Waals surface area contributed by atoms with E-state index in [4.69, 9.17) is 26.1 Å². The summed E-state index contributed by atoms with van der Waals surface area (Å²) in [6, 6.07) is 10.9. The molecule has 2 aromatic carbocycles. The Morgan fingerprint density at radius 3 is 2.78 bits per heavy atom. The maximum atomic E-state index is 13.3. The zero-order valence-corrected chi connectivity index (χ0v) is 18.8. The maximum Gasteiger partial charge on any atom is 0.282 e. The average molecular weight is 452 g/mol. The first-order valence-electron chi connectivity index (χ1n) is 10.8. The van der Waals surface area contributed by atoms with Gasteiger partial charge in [0, 0.05) is 5.92 Å². The largest absolute Gasteiger partial charge is 0.493 e. The first-order valence-corrected chi connectivity index (χ1v) is 11.2. The van der Waals surface area contributed by atoms with E-state index in [-0.39, 0.29) is 11.5 Å². The topological polar surface area (TPSA) is 65.7 Å². The molecule has 0 unspecified atom stereocenters. The van der Waals surface area contributed by atoms with Crippen molar-refractivity contribution in [3.8, 4) is 11.5 Å². The normalized spacial score (nSPS) is 14.7. The van der Waals surface area contributed by atoms with Crippen LogP contribution < -0.4 is 15.0 Å². The second-order valence-electron chi connectivity index (χ2n) is 7.82. The number of rotatable bonds is 7. The Morgan fingerprint density at radius 2 is 2.03 bits per heavy atom. The van der Waals surface area contributed by atoms with E-state index < -0.39 is 0 Å². The van der Waals surface area contributed by atoms with Gasteiger partial charge in [-0.05, 0) is 42.7 Å². The number of benzene rings is 2. The number of ether oxygens (including phenoxy) is 2. The van der Waals surface area contributed by atoms with Gasteiger partial charge in [-0.15, -0.1) is 0 Å². The van der Waals surface area contributed by atoms with Gasteiger partial charge in [0.05, 0.1) is 29.2 Å². The summed E-state index contributed by atoms with van der Waals surface area (Å²) in [7, 11) is 1.55. The molecule has 0 N–H and O–H groups in total. The van der Waals surface area contributed by atoms with Crippen LogP contribution >= 0.6 is 11.6 Å². The molecule has 0 atom stereocenters. The molecule has 166 valence electrons. The van der Waals surface area contributed by atoms with Crippen molar-refractivity contribution in [3.05, 3.63) is 75.8 Å². The quantitative estimate of drug-likeness (QED) is 0.348. The van der Waals surface area contributed by atoms with Crippen LogP contribution in [0.2, 0.25) is 5.02 Å². The summed E-state index contributed by atoms with van der Waals surface area (Å²) in [6.45, 7) is 3.96. The number of hydrogen-bond donors (Lipinski definition) is 0. The van der Waals surface area contributed by atoms with Gasteiger partial charge in [0.1, 0.15) is 12.4 Å². The molecule has 3 aromatic rings. The van der Waals surface area contributed by atoms with Crippen molar-refractivity contribution >= 4 is 28.7 Å². The zero-order valence-electron chi connectivity index (χ0n) is 18.1. The van der Waals surface area contributed by atoms with E-state index in [2.05, 4.69) is 11.7 Å². The van der Waals surface area contributed by atoms with E-state index in [1.165, 1.54) is 11.1 Å². The number of hydrogen-bond acceptors (Lipinski definition) is 5. The van der Waals surface area contributed by atoms with Gasteiger partial charge in [-0.2, -0.15) is 9.78 Å². The van der Waals surface area contributed by atoms with Crippen molar-refractivity contribution in [2.24, 2.45) is 5.10 Å². The molecular formula is C25H26ClN3O3. The van der Waals surface area contributed by atoms with Crippen LogP contribution in [-0.4, -0.2) is 29.6 Å². The third-order valence-corrected chi connectivity index (χ3v) is 5.95. The van der Waals surface area contributed by atoms with Gasteiger partial charge in [0.15, 0.2) is 11.5 Å². The second-order valence-corrected chi connectivity index (χ2v) is 8.22. The number of para-hydroxylation sites is 1. The second kappa shape index (κ2) is 10.0. The average Bonchev–Trinajstić information content (AvgIpc) is 2.83. The fourth-order valence-corrected chi connectivity index (χ4v) is 4.37. The molecule has 1 saturated carbocycles. The third-order valence-electron chi connectivity index (χ3n) is 5.67. The van der Waals surface area contributed by atoms with E-state index >= 15 is 0 Å². The predicted octanol–water partition coefficient (Wildman–Crippen LogP) is 5.55. The summed E-state index contributed by atoms with van der Waals surface area (Å²) in [5.41, 5.74) is 1.22. The monoisotopic (exact) mass is 451 g/mol. The standard InChI is InChI=1S/C25H26ClN3O3/c1-3-13-32-23-20(26)14-17(15-22(23)31-2)16-27-29-24(18-9-5-4-6-10-18)28-21-12-8-7-11-19(21)25(29)30/h3,7-8,11-12,14-16,18H,1,4-6,9-10,13H2,2H3. The minimum atomic E-state index is -0.170. The molecule has 0 bridgehead atoms. The van der Waals surface area contributed by atoms with Gasteiger partial charge >= 0.3 is 0 Å². The summed E-state index contributed by atoms with van der Waals surface area (Å²) in [4.78, 5) is 18.1. The molecule has 1 heterocycles. The number of nitrogens with zero attached hydrogens (tertiary/aromatic N) is 3. The Balaban J connectivity index is 1.78. The predicted molar refractivity (Wildman–Crippen MR) is 129 cm³/mol. The lowest BCUT2D eigenvalue weighted by atomic mass is 9.88. The van der Waals surface area contributed by atoms with Crippen molar-refractivity contribution in [1.29, 1.82) is 0 Å². The van der Waals surface area contributed by atoms with Gasteiger partial charge < -0.3 is 9.47 Å². The molecule has 0 saturated heterocycles. The minimum Gasteiger partial charge on any atom is -0.493 e. The van der Waals surface area contributed by atoms with Crippen molar-refractivity contribution in [1.82, 2.24) is 9.66 Å². The Morgan fingerprint density at radius 1 is 1.25 bits per heavy atom. The van der Waals surface area contributed by atoms with Crippen molar-refractivity contribution in [3.63, 3.8) is 0 Å². The lowest BCUT2D eigenvalue weighted by Crippen LogP contribution is -2.25. The molecule has 4 rings (SSSR count). The van der Waals surface area contributed by atoms with E-state index in [1.54, 1.807) is 37.6 Å². The van der Waals surface area contributed by atoms with E-state index in [1.807, 2.05) is 18.2 Å². The zero-order chi connectivity index (χ0) is 22.5. The number of aromatic nitrogens is 2. The summed E-state index contributed by atoms with van der Waals surface area (Å²) in [5, 5.41) is 5.50. The molecule has 0 aliphatic heterocycles. The van der Waals surface area contributed by atoms with Crippen LogP contribution in [0, 0.1) is 0 Å². The molecule has 1 fully saturated rings. The van der Waals surface area contributed by atoms with Crippen LogP contribution in [-0.2, 0) is 0 Å². The molecular weight excluding hydrogens is 426 g/mol. The molecule has 6 nitrogen and oxygen atoms in total. The third kappa shape index (κ3) is 4.55. The Bertz CT molecular complexity index is 1210. The van der Waals surface area contributed by atoms with E-state index in [9.17, 15) is 4.79 Å². The molecule has 1 aliphatic rings. The summed E-state index contributed by atoms with van der Waals surface area (Å²) in [6.07, 6.45) is 8.75. The number of fused-ring (bicyclic) bond motifs is 1. The molecule has 1 aromatic heterocycles. The summed E-state index contributed by atoms with van der Waals surface area (Å²) < 4.78 is 12.5. The van der Waals surface area contributed by atoms with Crippen molar-refractivity contribution in [2.45, 2.75) is 38.0 Å². The first-order chi connectivity index (χ1) is 15.6. The Labute approximate surface area is 192 Å². The number of halogens is 1. The highest BCUT2D eigenvalue weighted by Gasteiger charge is 2.22. The van der Waals surface area contributed by atoms with Gasteiger partial charge in [0.2, 0.25) is 0 Å². The van der Waals surface area contributed by atoms with Crippen LogP contribution in [0.25, 0.3) is 10.9 Å². The SMILES string of the molecule is C=CCOc1c(Cl)cc(C=Nn2c(C3CCCCC3)nc3ccccc3c2=O)cc1OC. The minimum absolute atomic E-state index is 0.170. The number of methoxy groups -OCH3 is 1. The summed E-state index contributed by atoms with van der Waals surface area (Å²) in [5.74, 6) is 1.86.